The van der Waals surface area contributed by atoms with Crippen molar-refractivity contribution < 1.29 is 4.39 Å². The van der Waals surface area contributed by atoms with Crippen LogP contribution in [0, 0.1) is 5.82 Å². The quantitative estimate of drug-likeness (QED) is 0.854. The molecule has 2 rings (SSSR count). The van der Waals surface area contributed by atoms with Gasteiger partial charge in [-0.25, -0.2) is 4.39 Å². The third-order valence-electron chi connectivity index (χ3n) is 2.98. The fourth-order valence-corrected chi connectivity index (χ4v) is 1.96. The maximum atomic E-state index is 13.4. The van der Waals surface area contributed by atoms with Gasteiger partial charge in [0.1, 0.15) is 5.82 Å². The summed E-state index contributed by atoms with van der Waals surface area (Å²) in [4.78, 5) is 2.21. The third kappa shape index (κ3) is 4.38. The van der Waals surface area contributed by atoms with E-state index in [1.165, 1.54) is 11.6 Å². The topological polar surface area (TPSA) is 15.3 Å². The number of anilines is 1. The zero-order valence-electron chi connectivity index (χ0n) is 11.1. The molecule has 0 aromatic heterocycles. The van der Waals surface area contributed by atoms with Crippen LogP contribution in [0.1, 0.15) is 5.56 Å². The Morgan fingerprint density at radius 1 is 1.00 bits per heavy atom. The van der Waals surface area contributed by atoms with Gasteiger partial charge in [-0.3, -0.25) is 0 Å². The summed E-state index contributed by atoms with van der Waals surface area (Å²) in [6.45, 7) is 2.49. The molecule has 0 heterocycles. The van der Waals surface area contributed by atoms with Gasteiger partial charge in [0.25, 0.3) is 0 Å². The molecule has 0 fully saturated rings. The molecule has 1 N–H and O–H groups in total. The van der Waals surface area contributed by atoms with E-state index in [4.69, 9.17) is 0 Å². The van der Waals surface area contributed by atoms with Crippen molar-refractivity contribution >= 4 is 5.69 Å². The van der Waals surface area contributed by atoms with Crippen LogP contribution < -0.4 is 5.32 Å². The van der Waals surface area contributed by atoms with Gasteiger partial charge in [-0.05, 0) is 24.7 Å². The molecule has 0 saturated heterocycles. The zero-order valence-corrected chi connectivity index (χ0v) is 11.1. The predicted molar refractivity (Wildman–Crippen MR) is 77.7 cm³/mol. The summed E-state index contributed by atoms with van der Waals surface area (Å²) in [6.07, 6.45) is 0. The highest BCUT2D eigenvalue weighted by molar-refractivity contribution is 5.44. The van der Waals surface area contributed by atoms with Crippen molar-refractivity contribution in [3.63, 3.8) is 0 Å². The largest absolute Gasteiger partial charge is 0.381 e. The summed E-state index contributed by atoms with van der Waals surface area (Å²) in [5.41, 5.74) is 1.85. The van der Waals surface area contributed by atoms with Crippen LogP contribution in [0.15, 0.2) is 54.6 Å². The highest BCUT2D eigenvalue weighted by Gasteiger charge is 2.02. The molecule has 0 aliphatic carbocycles. The van der Waals surface area contributed by atoms with Crippen molar-refractivity contribution in [1.82, 2.24) is 4.90 Å². The number of para-hydroxylation sites is 1. The van der Waals surface area contributed by atoms with Crippen LogP contribution in [0.4, 0.5) is 10.1 Å². The molecule has 0 bridgehead atoms. The van der Waals surface area contributed by atoms with Crippen molar-refractivity contribution in [2.24, 2.45) is 0 Å². The van der Waals surface area contributed by atoms with E-state index < -0.39 is 0 Å². The minimum atomic E-state index is -0.201. The molecule has 0 aliphatic heterocycles. The van der Waals surface area contributed by atoms with Gasteiger partial charge in [0.15, 0.2) is 0 Å². The van der Waals surface area contributed by atoms with Gasteiger partial charge in [-0.15, -0.1) is 0 Å². The van der Waals surface area contributed by atoms with Crippen LogP contribution in [0.3, 0.4) is 0 Å². The van der Waals surface area contributed by atoms with E-state index in [-0.39, 0.29) is 5.82 Å². The van der Waals surface area contributed by atoms with Crippen LogP contribution in [0.2, 0.25) is 0 Å². The molecule has 0 spiro atoms. The Labute approximate surface area is 113 Å². The van der Waals surface area contributed by atoms with Crippen LogP contribution >= 0.6 is 0 Å². The summed E-state index contributed by atoms with van der Waals surface area (Å²) in [5.74, 6) is -0.201. The summed E-state index contributed by atoms with van der Waals surface area (Å²) in [5, 5.41) is 3.11. The van der Waals surface area contributed by atoms with Gasteiger partial charge in [-0.1, -0.05) is 42.5 Å². The molecule has 2 aromatic rings. The molecule has 100 valence electrons. The standard InChI is InChI=1S/C16H19FN2/c1-19(13-14-7-3-2-4-8-14)12-11-18-16-10-6-5-9-15(16)17/h2-10,18H,11-13H2,1H3. The van der Waals surface area contributed by atoms with E-state index in [1.54, 1.807) is 12.1 Å². The first-order valence-corrected chi connectivity index (χ1v) is 6.46. The SMILES string of the molecule is CN(CCNc1ccccc1F)Cc1ccccc1. The number of hydrogen-bond acceptors (Lipinski definition) is 2. The second kappa shape index (κ2) is 6.90. The predicted octanol–water partition coefficient (Wildman–Crippen LogP) is 3.37. The van der Waals surface area contributed by atoms with Crippen molar-refractivity contribution in [1.29, 1.82) is 0 Å². The lowest BCUT2D eigenvalue weighted by molar-refractivity contribution is 0.340. The Bertz CT molecular complexity index is 499. The molecule has 0 unspecified atom stereocenters. The minimum Gasteiger partial charge on any atom is -0.381 e. The first-order chi connectivity index (χ1) is 9.25. The highest BCUT2D eigenvalue weighted by Crippen LogP contribution is 2.11. The number of halogens is 1. The van der Waals surface area contributed by atoms with E-state index in [1.807, 2.05) is 24.3 Å². The molecule has 2 nitrogen and oxygen atoms in total. The van der Waals surface area contributed by atoms with Gasteiger partial charge >= 0.3 is 0 Å². The number of rotatable bonds is 6. The molecule has 0 amide bonds. The molecule has 2 aromatic carbocycles. The normalized spacial score (nSPS) is 10.7. The second-order valence-electron chi connectivity index (χ2n) is 4.63. The summed E-state index contributed by atoms with van der Waals surface area (Å²) >= 11 is 0. The molecular weight excluding hydrogens is 239 g/mol. The van der Waals surface area contributed by atoms with Crippen LogP contribution in [-0.4, -0.2) is 25.0 Å². The molecule has 0 radical (unpaired) electrons. The van der Waals surface area contributed by atoms with Crippen molar-refractivity contribution in [2.45, 2.75) is 6.54 Å². The van der Waals surface area contributed by atoms with Crippen molar-refractivity contribution in [2.75, 3.05) is 25.5 Å². The highest BCUT2D eigenvalue weighted by atomic mass is 19.1. The minimum absolute atomic E-state index is 0.201. The first kappa shape index (κ1) is 13.6. The summed E-state index contributed by atoms with van der Waals surface area (Å²) in [6, 6.07) is 17.1. The van der Waals surface area contributed by atoms with E-state index in [9.17, 15) is 4.39 Å². The first-order valence-electron chi connectivity index (χ1n) is 6.46. The molecular formula is C16H19FN2. The third-order valence-corrected chi connectivity index (χ3v) is 2.98. The fraction of sp³-hybridized carbons (Fsp3) is 0.250. The molecule has 3 heteroatoms. The number of hydrogen-bond donors (Lipinski definition) is 1. The van der Waals surface area contributed by atoms with Gasteiger partial charge in [0, 0.05) is 19.6 Å². The number of benzene rings is 2. The Kier molecular flexibility index (Phi) is 4.93. The lowest BCUT2D eigenvalue weighted by atomic mass is 10.2. The smallest absolute Gasteiger partial charge is 0.146 e. The fourth-order valence-electron chi connectivity index (χ4n) is 1.96. The van der Waals surface area contributed by atoms with Crippen LogP contribution in [0.25, 0.3) is 0 Å². The Morgan fingerprint density at radius 3 is 2.42 bits per heavy atom. The lowest BCUT2D eigenvalue weighted by Crippen LogP contribution is -2.24. The molecule has 19 heavy (non-hydrogen) atoms. The number of nitrogens with zero attached hydrogens (tertiary/aromatic N) is 1. The molecule has 0 saturated carbocycles. The van der Waals surface area contributed by atoms with Gasteiger partial charge in [-0.2, -0.15) is 0 Å². The zero-order chi connectivity index (χ0) is 13.5. The van der Waals surface area contributed by atoms with Gasteiger partial charge in [0.2, 0.25) is 0 Å². The maximum absolute atomic E-state index is 13.4. The Balaban J connectivity index is 1.75. The van der Waals surface area contributed by atoms with Crippen LogP contribution in [-0.2, 0) is 6.54 Å². The van der Waals surface area contributed by atoms with Gasteiger partial charge < -0.3 is 10.2 Å². The Hall–Kier alpha value is -1.87. The van der Waals surface area contributed by atoms with Crippen LogP contribution in [0.5, 0.6) is 0 Å². The average molecular weight is 258 g/mol. The molecule has 0 atom stereocenters. The van der Waals surface area contributed by atoms with E-state index in [0.717, 1.165) is 19.6 Å². The average Bonchev–Trinajstić information content (AvgIpc) is 2.42. The number of likely N-dealkylation sites (N-methyl/N-ethyl adjacent to an activating group) is 1. The van der Waals surface area contributed by atoms with E-state index in [0.29, 0.717) is 5.69 Å². The summed E-state index contributed by atoms with van der Waals surface area (Å²) in [7, 11) is 2.07. The van der Waals surface area contributed by atoms with Gasteiger partial charge in [0.05, 0.1) is 5.69 Å². The second-order valence-corrected chi connectivity index (χ2v) is 4.63. The van der Waals surface area contributed by atoms with E-state index in [2.05, 4.69) is 29.4 Å². The maximum Gasteiger partial charge on any atom is 0.146 e. The monoisotopic (exact) mass is 258 g/mol. The molecule has 0 aliphatic rings. The lowest BCUT2D eigenvalue weighted by Gasteiger charge is -2.17. The summed E-state index contributed by atoms with van der Waals surface area (Å²) < 4.78 is 13.4. The Morgan fingerprint density at radius 2 is 1.68 bits per heavy atom. The van der Waals surface area contributed by atoms with Crippen molar-refractivity contribution in [3.05, 3.63) is 66.0 Å². The van der Waals surface area contributed by atoms with Crippen molar-refractivity contribution in [3.8, 4) is 0 Å². The van der Waals surface area contributed by atoms with E-state index >= 15 is 0 Å². The number of nitrogens with one attached hydrogen (secondary N) is 1.